The first-order valence-electron chi connectivity index (χ1n) is 7.21. The highest BCUT2D eigenvalue weighted by atomic mass is 16.5. The van der Waals surface area contributed by atoms with Gasteiger partial charge in [0, 0.05) is 12.0 Å². The molecule has 4 heteroatoms. The molecule has 2 N–H and O–H groups in total. The Balaban J connectivity index is 1.41. The normalized spacial score (nSPS) is 21.1. The first-order chi connectivity index (χ1) is 9.65. The summed E-state index contributed by atoms with van der Waals surface area (Å²) in [5.41, 5.74) is 1.38. The van der Waals surface area contributed by atoms with E-state index in [1.165, 1.54) is 12.8 Å². The average molecular weight is 275 g/mol. The molecule has 0 radical (unpaired) electrons. The van der Waals surface area contributed by atoms with E-state index in [-0.39, 0.29) is 18.6 Å². The predicted molar refractivity (Wildman–Crippen MR) is 75.0 cm³/mol. The van der Waals surface area contributed by atoms with Gasteiger partial charge in [-0.25, -0.2) is 4.79 Å². The Kier molecular flexibility index (Phi) is 3.42. The van der Waals surface area contributed by atoms with Gasteiger partial charge in [-0.05, 0) is 36.7 Å². The van der Waals surface area contributed by atoms with Crippen molar-refractivity contribution in [3.05, 3.63) is 35.9 Å². The lowest BCUT2D eigenvalue weighted by atomic mass is 9.60. The molecule has 0 unspecified atom stereocenters. The first kappa shape index (κ1) is 13.4. The molecule has 1 amide bonds. The molecule has 1 spiro atoms. The van der Waals surface area contributed by atoms with Gasteiger partial charge in [-0.3, -0.25) is 0 Å². The second-order valence-corrected chi connectivity index (χ2v) is 6.43. The predicted octanol–water partition coefficient (Wildman–Crippen LogP) is 2.47. The van der Waals surface area contributed by atoms with Crippen LogP contribution >= 0.6 is 0 Å². The molecule has 1 aromatic carbocycles. The van der Waals surface area contributed by atoms with Crippen LogP contribution in [0.25, 0.3) is 0 Å². The molecule has 2 saturated carbocycles. The summed E-state index contributed by atoms with van der Waals surface area (Å²) in [5.74, 6) is 0. The minimum absolute atomic E-state index is 0.109. The molecule has 3 rings (SSSR count). The second-order valence-electron chi connectivity index (χ2n) is 6.43. The highest BCUT2D eigenvalue weighted by molar-refractivity contribution is 5.67. The zero-order valence-electron chi connectivity index (χ0n) is 11.6. The molecule has 1 aromatic rings. The number of carbonyl (C=O) groups is 1. The van der Waals surface area contributed by atoms with Crippen LogP contribution in [0.2, 0.25) is 0 Å². The molecule has 0 bridgehead atoms. The lowest BCUT2D eigenvalue weighted by Gasteiger charge is -2.47. The van der Waals surface area contributed by atoms with Crippen LogP contribution in [0.15, 0.2) is 30.3 Å². The summed E-state index contributed by atoms with van der Waals surface area (Å²) in [7, 11) is 0. The topological polar surface area (TPSA) is 58.6 Å². The largest absolute Gasteiger partial charge is 0.445 e. The van der Waals surface area contributed by atoms with E-state index < -0.39 is 6.09 Å². The van der Waals surface area contributed by atoms with Crippen molar-refractivity contribution in [3.8, 4) is 0 Å². The van der Waals surface area contributed by atoms with Crippen molar-refractivity contribution in [2.45, 2.75) is 32.3 Å². The monoisotopic (exact) mass is 275 g/mol. The first-order valence-corrected chi connectivity index (χ1v) is 7.21. The Morgan fingerprint density at radius 1 is 1.25 bits per heavy atom. The van der Waals surface area contributed by atoms with Crippen LogP contribution in [0.4, 0.5) is 4.79 Å². The van der Waals surface area contributed by atoms with Crippen LogP contribution in [0, 0.1) is 10.8 Å². The number of hydrogen-bond donors (Lipinski definition) is 2. The summed E-state index contributed by atoms with van der Waals surface area (Å²) in [5, 5.41) is 12.3. The lowest BCUT2D eigenvalue weighted by Crippen LogP contribution is -2.49. The fourth-order valence-corrected chi connectivity index (χ4v) is 3.40. The number of aliphatic hydroxyl groups is 1. The zero-order valence-corrected chi connectivity index (χ0v) is 11.6. The minimum atomic E-state index is -0.404. The third-order valence-electron chi connectivity index (χ3n) is 4.61. The molecule has 2 fully saturated rings. The van der Waals surface area contributed by atoms with Crippen LogP contribution in [0.5, 0.6) is 0 Å². The van der Waals surface area contributed by atoms with Crippen molar-refractivity contribution in [2.24, 2.45) is 10.8 Å². The number of aliphatic hydroxyl groups excluding tert-OH is 1. The van der Waals surface area contributed by atoms with Gasteiger partial charge in [-0.15, -0.1) is 0 Å². The molecule has 0 heterocycles. The van der Waals surface area contributed by atoms with Gasteiger partial charge in [0.15, 0.2) is 0 Å². The van der Waals surface area contributed by atoms with Gasteiger partial charge in [0.1, 0.15) is 6.61 Å². The van der Waals surface area contributed by atoms with E-state index >= 15 is 0 Å². The van der Waals surface area contributed by atoms with Gasteiger partial charge >= 0.3 is 6.09 Å². The summed E-state index contributed by atoms with van der Waals surface area (Å²) < 4.78 is 5.17. The maximum Gasteiger partial charge on any atom is 0.407 e. The van der Waals surface area contributed by atoms with Crippen LogP contribution in [-0.4, -0.2) is 24.4 Å². The quantitative estimate of drug-likeness (QED) is 0.868. The van der Waals surface area contributed by atoms with Gasteiger partial charge in [0.05, 0.1) is 6.61 Å². The third-order valence-corrected chi connectivity index (χ3v) is 4.61. The standard InChI is InChI=1S/C16H21NO3/c18-12-16(9-15(10-16)6-7-15)11-17-14(19)20-8-13-4-2-1-3-5-13/h1-5,18H,6-12H2,(H,17,19). The van der Waals surface area contributed by atoms with E-state index in [0.717, 1.165) is 18.4 Å². The van der Waals surface area contributed by atoms with Crippen LogP contribution < -0.4 is 5.32 Å². The molecule has 0 atom stereocenters. The SMILES string of the molecule is O=C(NCC1(CO)CC2(CC2)C1)OCc1ccccc1. The molecule has 0 aliphatic heterocycles. The van der Waals surface area contributed by atoms with Gasteiger partial charge in [0.25, 0.3) is 0 Å². The van der Waals surface area contributed by atoms with Crippen molar-refractivity contribution in [3.63, 3.8) is 0 Å². The van der Waals surface area contributed by atoms with E-state index in [1.54, 1.807) is 0 Å². The van der Waals surface area contributed by atoms with E-state index in [0.29, 0.717) is 12.0 Å². The van der Waals surface area contributed by atoms with E-state index in [4.69, 9.17) is 4.74 Å². The Morgan fingerprint density at radius 3 is 2.55 bits per heavy atom. The van der Waals surface area contributed by atoms with Crippen LogP contribution in [0.1, 0.15) is 31.2 Å². The molecular formula is C16H21NO3. The summed E-state index contributed by atoms with van der Waals surface area (Å²) >= 11 is 0. The van der Waals surface area contributed by atoms with Crippen molar-refractivity contribution in [2.75, 3.05) is 13.2 Å². The number of nitrogens with one attached hydrogen (secondary N) is 1. The Bertz CT molecular complexity index is 474. The number of carbonyl (C=O) groups excluding carboxylic acids is 1. The lowest BCUT2D eigenvalue weighted by molar-refractivity contribution is -0.0184. The summed E-state index contributed by atoms with van der Waals surface area (Å²) in [4.78, 5) is 11.7. The average Bonchev–Trinajstić information content (AvgIpc) is 3.23. The van der Waals surface area contributed by atoms with Gasteiger partial charge < -0.3 is 15.2 Å². The van der Waals surface area contributed by atoms with Gasteiger partial charge in [-0.1, -0.05) is 30.3 Å². The molecule has 108 valence electrons. The fraction of sp³-hybridized carbons (Fsp3) is 0.562. The molecule has 0 aromatic heterocycles. The fourth-order valence-electron chi connectivity index (χ4n) is 3.40. The number of benzene rings is 1. The Labute approximate surface area is 119 Å². The van der Waals surface area contributed by atoms with Crippen molar-refractivity contribution < 1.29 is 14.6 Å². The van der Waals surface area contributed by atoms with E-state index in [1.807, 2.05) is 30.3 Å². The zero-order chi connectivity index (χ0) is 14.1. The highest BCUT2D eigenvalue weighted by Crippen LogP contribution is 2.68. The summed E-state index contributed by atoms with van der Waals surface area (Å²) in [6, 6.07) is 9.61. The van der Waals surface area contributed by atoms with Gasteiger partial charge in [0.2, 0.25) is 0 Å². The van der Waals surface area contributed by atoms with Crippen molar-refractivity contribution >= 4 is 6.09 Å². The number of amides is 1. The molecular weight excluding hydrogens is 254 g/mol. The minimum Gasteiger partial charge on any atom is -0.445 e. The number of ether oxygens (including phenoxy) is 1. The maximum absolute atomic E-state index is 11.7. The Hall–Kier alpha value is -1.55. The number of hydrogen-bond acceptors (Lipinski definition) is 3. The second kappa shape index (κ2) is 5.09. The molecule has 2 aliphatic carbocycles. The van der Waals surface area contributed by atoms with Crippen LogP contribution in [0.3, 0.4) is 0 Å². The molecule has 20 heavy (non-hydrogen) atoms. The molecule has 0 saturated heterocycles. The Morgan fingerprint density at radius 2 is 1.95 bits per heavy atom. The summed E-state index contributed by atoms with van der Waals surface area (Å²) in [6.45, 7) is 0.940. The van der Waals surface area contributed by atoms with Crippen LogP contribution in [-0.2, 0) is 11.3 Å². The third kappa shape index (κ3) is 2.80. The highest BCUT2D eigenvalue weighted by Gasteiger charge is 2.60. The van der Waals surface area contributed by atoms with Crippen molar-refractivity contribution in [1.82, 2.24) is 5.32 Å². The summed E-state index contributed by atoms with van der Waals surface area (Å²) in [6.07, 6.45) is 4.24. The smallest absolute Gasteiger partial charge is 0.407 e. The van der Waals surface area contributed by atoms with E-state index in [9.17, 15) is 9.90 Å². The molecule has 2 aliphatic rings. The molecule has 4 nitrogen and oxygen atoms in total. The van der Waals surface area contributed by atoms with Crippen molar-refractivity contribution in [1.29, 1.82) is 0 Å². The number of rotatable bonds is 5. The van der Waals surface area contributed by atoms with Gasteiger partial charge in [-0.2, -0.15) is 0 Å². The van der Waals surface area contributed by atoms with E-state index in [2.05, 4.69) is 5.32 Å². The number of alkyl carbamates (subject to hydrolysis) is 1. The maximum atomic E-state index is 11.7.